The number of fused-ring (bicyclic) bond motifs is 3. The SMILES string of the molecule is O=C(CCNC(=O)N1CCc2c([nH]c3ccccc23)C1)N1CCN(c2cccc(C(F)(F)F)c2)CC1. The number of hydrogen-bond donors (Lipinski definition) is 2. The van der Waals surface area contributed by atoms with E-state index in [1.165, 1.54) is 17.0 Å². The van der Waals surface area contributed by atoms with Crippen molar-refractivity contribution in [2.24, 2.45) is 0 Å². The van der Waals surface area contributed by atoms with Crippen molar-refractivity contribution in [3.8, 4) is 0 Å². The predicted molar refractivity (Wildman–Crippen MR) is 131 cm³/mol. The van der Waals surface area contributed by atoms with E-state index in [2.05, 4.69) is 16.4 Å². The van der Waals surface area contributed by atoms with Crippen LogP contribution in [0, 0.1) is 0 Å². The van der Waals surface area contributed by atoms with Crippen molar-refractivity contribution in [3.63, 3.8) is 0 Å². The maximum atomic E-state index is 13.0. The number of aromatic amines is 1. The number of hydrogen-bond acceptors (Lipinski definition) is 3. The van der Waals surface area contributed by atoms with Crippen LogP contribution in [0.5, 0.6) is 0 Å². The quantitative estimate of drug-likeness (QED) is 0.570. The van der Waals surface area contributed by atoms with E-state index in [1.54, 1.807) is 15.9 Å². The summed E-state index contributed by atoms with van der Waals surface area (Å²) in [6.45, 7) is 3.13. The lowest BCUT2D eigenvalue weighted by Crippen LogP contribution is -2.49. The number of nitrogens with zero attached hydrogens (tertiary/aromatic N) is 3. The molecule has 0 bridgehead atoms. The number of benzene rings is 2. The molecule has 5 rings (SSSR count). The minimum Gasteiger partial charge on any atom is -0.368 e. The van der Waals surface area contributed by atoms with E-state index in [4.69, 9.17) is 0 Å². The summed E-state index contributed by atoms with van der Waals surface area (Å²) in [6.07, 6.45) is -3.42. The van der Waals surface area contributed by atoms with Crippen LogP contribution < -0.4 is 10.2 Å². The maximum Gasteiger partial charge on any atom is 0.416 e. The minimum absolute atomic E-state index is 0.0736. The normalized spacial score (nSPS) is 16.2. The van der Waals surface area contributed by atoms with Crippen LogP contribution in [0.2, 0.25) is 0 Å². The number of H-pyrrole nitrogens is 1. The zero-order valence-electron chi connectivity index (χ0n) is 19.8. The van der Waals surface area contributed by atoms with Crippen molar-refractivity contribution in [1.82, 2.24) is 20.1 Å². The van der Waals surface area contributed by atoms with Gasteiger partial charge in [-0.15, -0.1) is 0 Å². The molecule has 190 valence electrons. The molecule has 1 fully saturated rings. The van der Waals surface area contributed by atoms with Gasteiger partial charge in [-0.1, -0.05) is 24.3 Å². The summed E-state index contributed by atoms with van der Waals surface area (Å²) in [5, 5.41) is 4.05. The van der Waals surface area contributed by atoms with Gasteiger partial charge in [-0.25, -0.2) is 4.79 Å². The molecule has 3 aromatic rings. The third-order valence-electron chi connectivity index (χ3n) is 6.96. The van der Waals surface area contributed by atoms with Crippen LogP contribution in [-0.4, -0.2) is 66.0 Å². The lowest BCUT2D eigenvalue weighted by molar-refractivity contribution is -0.137. The molecule has 2 aliphatic rings. The lowest BCUT2D eigenvalue weighted by Gasteiger charge is -2.36. The fraction of sp³-hybridized carbons (Fsp3) is 0.385. The Hall–Kier alpha value is -3.69. The van der Waals surface area contributed by atoms with Gasteiger partial charge in [0, 0.05) is 68.0 Å². The second-order valence-electron chi connectivity index (χ2n) is 9.20. The van der Waals surface area contributed by atoms with Crippen molar-refractivity contribution in [3.05, 3.63) is 65.4 Å². The molecule has 10 heteroatoms. The number of rotatable bonds is 4. The summed E-state index contributed by atoms with van der Waals surface area (Å²) in [4.78, 5) is 34.0. The largest absolute Gasteiger partial charge is 0.416 e. The highest BCUT2D eigenvalue weighted by Crippen LogP contribution is 2.32. The number of halogens is 3. The molecule has 2 aliphatic heterocycles. The zero-order chi connectivity index (χ0) is 25.3. The van der Waals surface area contributed by atoms with Gasteiger partial charge in [0.05, 0.1) is 12.1 Å². The molecule has 0 aliphatic carbocycles. The Morgan fingerprint density at radius 3 is 2.50 bits per heavy atom. The Morgan fingerprint density at radius 1 is 0.944 bits per heavy atom. The van der Waals surface area contributed by atoms with Crippen LogP contribution in [0.3, 0.4) is 0 Å². The van der Waals surface area contributed by atoms with E-state index < -0.39 is 11.7 Å². The summed E-state index contributed by atoms with van der Waals surface area (Å²) < 4.78 is 39.0. The molecule has 3 heterocycles. The number of piperazine rings is 1. The van der Waals surface area contributed by atoms with Crippen molar-refractivity contribution in [2.75, 3.05) is 44.2 Å². The van der Waals surface area contributed by atoms with Crippen molar-refractivity contribution < 1.29 is 22.8 Å². The van der Waals surface area contributed by atoms with Gasteiger partial charge >= 0.3 is 12.2 Å². The number of anilines is 1. The third kappa shape index (κ3) is 4.98. The van der Waals surface area contributed by atoms with E-state index in [-0.39, 0.29) is 24.9 Å². The number of carbonyl (C=O) groups is 2. The van der Waals surface area contributed by atoms with E-state index in [9.17, 15) is 22.8 Å². The highest BCUT2D eigenvalue weighted by atomic mass is 19.4. The summed E-state index contributed by atoms with van der Waals surface area (Å²) >= 11 is 0. The first-order valence-corrected chi connectivity index (χ1v) is 12.1. The molecule has 1 saturated heterocycles. The summed E-state index contributed by atoms with van der Waals surface area (Å²) in [6, 6.07) is 13.2. The van der Waals surface area contributed by atoms with Gasteiger partial charge in [0.15, 0.2) is 0 Å². The summed E-state index contributed by atoms with van der Waals surface area (Å²) in [5.41, 5.74) is 3.21. The Morgan fingerprint density at radius 2 is 1.72 bits per heavy atom. The Balaban J connectivity index is 1.07. The van der Waals surface area contributed by atoms with Gasteiger partial charge in [-0.2, -0.15) is 13.2 Å². The topological polar surface area (TPSA) is 71.7 Å². The second-order valence-corrected chi connectivity index (χ2v) is 9.20. The molecule has 2 N–H and O–H groups in total. The minimum atomic E-state index is -4.38. The Bertz CT molecular complexity index is 1260. The second kappa shape index (κ2) is 9.75. The van der Waals surface area contributed by atoms with Gasteiger partial charge in [-0.3, -0.25) is 4.79 Å². The van der Waals surface area contributed by atoms with Crippen molar-refractivity contribution in [2.45, 2.75) is 25.6 Å². The van der Waals surface area contributed by atoms with E-state index in [1.807, 2.05) is 23.1 Å². The predicted octanol–water partition coefficient (Wildman–Crippen LogP) is 3.99. The Kier molecular flexibility index (Phi) is 6.51. The number of aromatic nitrogens is 1. The van der Waals surface area contributed by atoms with Gasteiger partial charge in [-0.05, 0) is 36.2 Å². The van der Waals surface area contributed by atoms with E-state index >= 15 is 0 Å². The van der Waals surface area contributed by atoms with Crippen LogP contribution in [0.4, 0.5) is 23.7 Å². The summed E-state index contributed by atoms with van der Waals surface area (Å²) in [5.74, 6) is -0.0736. The monoisotopic (exact) mass is 499 g/mol. The average Bonchev–Trinajstić information content (AvgIpc) is 3.26. The first kappa shape index (κ1) is 24.0. The van der Waals surface area contributed by atoms with Crippen LogP contribution in [0.25, 0.3) is 10.9 Å². The van der Waals surface area contributed by atoms with Crippen LogP contribution in [-0.2, 0) is 23.9 Å². The third-order valence-corrected chi connectivity index (χ3v) is 6.96. The zero-order valence-corrected chi connectivity index (χ0v) is 19.8. The number of carbonyl (C=O) groups excluding carboxylic acids is 2. The van der Waals surface area contributed by atoms with Gasteiger partial charge < -0.3 is 25.0 Å². The number of amides is 3. The molecule has 36 heavy (non-hydrogen) atoms. The van der Waals surface area contributed by atoms with Gasteiger partial charge in [0.1, 0.15) is 0 Å². The Labute approximate surface area is 206 Å². The molecular formula is C26H28F3N5O2. The van der Waals surface area contributed by atoms with Crippen LogP contribution in [0.15, 0.2) is 48.5 Å². The van der Waals surface area contributed by atoms with E-state index in [0.29, 0.717) is 45.0 Å². The smallest absolute Gasteiger partial charge is 0.368 e. The molecule has 2 aromatic carbocycles. The van der Waals surface area contributed by atoms with Gasteiger partial charge in [0.2, 0.25) is 5.91 Å². The molecule has 3 amide bonds. The molecule has 0 atom stereocenters. The standard InChI is InChI=1S/C26H28F3N5O2/c27-26(28,29)18-4-3-5-19(16-18)32-12-14-33(15-13-32)24(35)8-10-30-25(36)34-11-9-21-20-6-1-2-7-22(20)31-23(21)17-34/h1-7,16,31H,8-15,17H2,(H,30,36). The molecular weight excluding hydrogens is 471 g/mol. The van der Waals surface area contributed by atoms with Crippen LogP contribution in [0.1, 0.15) is 23.2 Å². The first-order chi connectivity index (χ1) is 17.3. The maximum absolute atomic E-state index is 13.0. The first-order valence-electron chi connectivity index (χ1n) is 12.1. The van der Waals surface area contributed by atoms with Crippen molar-refractivity contribution >= 4 is 28.5 Å². The molecule has 0 radical (unpaired) electrons. The van der Waals surface area contributed by atoms with Crippen molar-refractivity contribution in [1.29, 1.82) is 0 Å². The number of alkyl halides is 3. The van der Waals surface area contributed by atoms with E-state index in [0.717, 1.165) is 29.8 Å². The highest BCUT2D eigenvalue weighted by molar-refractivity contribution is 5.85. The molecule has 0 spiro atoms. The highest BCUT2D eigenvalue weighted by Gasteiger charge is 2.31. The molecule has 0 saturated carbocycles. The number of nitrogens with one attached hydrogen (secondary N) is 2. The fourth-order valence-electron chi connectivity index (χ4n) is 5.01. The molecule has 1 aromatic heterocycles. The van der Waals surface area contributed by atoms with Crippen LogP contribution >= 0.6 is 0 Å². The van der Waals surface area contributed by atoms with Gasteiger partial charge in [0.25, 0.3) is 0 Å². The lowest BCUT2D eigenvalue weighted by atomic mass is 10.0. The number of urea groups is 1. The average molecular weight is 500 g/mol. The molecule has 7 nitrogen and oxygen atoms in total. The molecule has 0 unspecified atom stereocenters. The summed E-state index contributed by atoms with van der Waals surface area (Å²) in [7, 11) is 0. The fourth-order valence-corrected chi connectivity index (χ4v) is 5.01. The number of para-hydroxylation sites is 1.